The standard InChI is InChI=1S/C29H34FN3O5S/c1-5-27(29(35)31-4)32(19-22-9-11-23(30)12-10-22)28(34)20-33(24-13-15-25(16-14-24)38-6-2)39(36,37)26-17-7-21(3)8-18-26/h7-18,27H,5-6,19-20H2,1-4H3,(H,31,35). The second-order valence-electron chi connectivity index (χ2n) is 8.94. The van der Waals surface area contributed by atoms with Crippen molar-refractivity contribution in [2.75, 3.05) is 24.5 Å². The predicted molar refractivity (Wildman–Crippen MR) is 148 cm³/mol. The zero-order valence-corrected chi connectivity index (χ0v) is 23.4. The number of hydrogen-bond donors (Lipinski definition) is 1. The van der Waals surface area contributed by atoms with Crippen molar-refractivity contribution in [2.45, 2.75) is 44.7 Å². The molecule has 208 valence electrons. The first-order valence-corrected chi connectivity index (χ1v) is 14.1. The number of aryl methyl sites for hydroxylation is 1. The zero-order chi connectivity index (χ0) is 28.6. The number of ether oxygens (including phenoxy) is 1. The second-order valence-corrected chi connectivity index (χ2v) is 10.8. The molecule has 0 fully saturated rings. The highest BCUT2D eigenvalue weighted by Gasteiger charge is 2.33. The Morgan fingerprint density at radius 2 is 1.56 bits per heavy atom. The highest BCUT2D eigenvalue weighted by atomic mass is 32.2. The van der Waals surface area contributed by atoms with Crippen molar-refractivity contribution in [1.82, 2.24) is 10.2 Å². The van der Waals surface area contributed by atoms with E-state index in [0.717, 1.165) is 9.87 Å². The summed E-state index contributed by atoms with van der Waals surface area (Å²) in [6, 6.07) is 17.5. The number of likely N-dealkylation sites (N-methyl/N-ethyl adjacent to an activating group) is 1. The Hall–Kier alpha value is -3.92. The Labute approximate surface area is 229 Å². The van der Waals surface area contributed by atoms with Crippen LogP contribution in [0.4, 0.5) is 10.1 Å². The van der Waals surface area contributed by atoms with E-state index in [1.54, 1.807) is 43.3 Å². The molecule has 0 saturated carbocycles. The van der Waals surface area contributed by atoms with Crippen molar-refractivity contribution in [3.63, 3.8) is 0 Å². The van der Waals surface area contributed by atoms with Gasteiger partial charge >= 0.3 is 0 Å². The van der Waals surface area contributed by atoms with Gasteiger partial charge in [0.2, 0.25) is 11.8 Å². The molecule has 0 saturated heterocycles. The van der Waals surface area contributed by atoms with Gasteiger partial charge in [0, 0.05) is 13.6 Å². The third-order valence-corrected chi connectivity index (χ3v) is 8.01. The average molecular weight is 556 g/mol. The van der Waals surface area contributed by atoms with Gasteiger partial charge in [-0.2, -0.15) is 0 Å². The third kappa shape index (κ3) is 7.35. The van der Waals surface area contributed by atoms with Gasteiger partial charge in [0.15, 0.2) is 0 Å². The fourth-order valence-corrected chi connectivity index (χ4v) is 5.53. The molecule has 0 spiro atoms. The first-order chi connectivity index (χ1) is 18.6. The maximum atomic E-state index is 13.9. The molecule has 0 aliphatic carbocycles. The average Bonchev–Trinajstić information content (AvgIpc) is 2.93. The number of carbonyl (C=O) groups is 2. The Morgan fingerprint density at radius 3 is 2.10 bits per heavy atom. The van der Waals surface area contributed by atoms with Gasteiger partial charge in [0.05, 0.1) is 17.2 Å². The van der Waals surface area contributed by atoms with E-state index in [2.05, 4.69) is 5.32 Å². The largest absolute Gasteiger partial charge is 0.494 e. The summed E-state index contributed by atoms with van der Waals surface area (Å²) in [5, 5.41) is 2.57. The van der Waals surface area contributed by atoms with Crippen LogP contribution in [0.2, 0.25) is 0 Å². The third-order valence-electron chi connectivity index (χ3n) is 6.22. The van der Waals surface area contributed by atoms with E-state index in [0.29, 0.717) is 24.3 Å². The van der Waals surface area contributed by atoms with E-state index in [9.17, 15) is 22.4 Å². The SMILES string of the molecule is CCOc1ccc(N(CC(=O)N(Cc2ccc(F)cc2)C(CC)C(=O)NC)S(=O)(=O)c2ccc(C)cc2)cc1. The highest BCUT2D eigenvalue weighted by Crippen LogP contribution is 2.27. The lowest BCUT2D eigenvalue weighted by Crippen LogP contribution is -2.51. The zero-order valence-electron chi connectivity index (χ0n) is 22.6. The van der Waals surface area contributed by atoms with E-state index in [4.69, 9.17) is 4.74 Å². The van der Waals surface area contributed by atoms with Gasteiger partial charge in [0.25, 0.3) is 10.0 Å². The van der Waals surface area contributed by atoms with Gasteiger partial charge in [0.1, 0.15) is 24.2 Å². The lowest BCUT2D eigenvalue weighted by molar-refractivity contribution is -0.140. The quantitative estimate of drug-likeness (QED) is 0.360. The Bertz CT molecular complexity index is 1360. The van der Waals surface area contributed by atoms with Crippen LogP contribution in [0.3, 0.4) is 0 Å². The summed E-state index contributed by atoms with van der Waals surface area (Å²) in [6.45, 7) is 5.33. The molecular weight excluding hydrogens is 521 g/mol. The molecule has 0 radical (unpaired) electrons. The lowest BCUT2D eigenvalue weighted by atomic mass is 10.1. The van der Waals surface area contributed by atoms with Crippen LogP contribution in [0.25, 0.3) is 0 Å². The van der Waals surface area contributed by atoms with Crippen molar-refractivity contribution < 1.29 is 27.1 Å². The number of carbonyl (C=O) groups excluding carboxylic acids is 2. The minimum Gasteiger partial charge on any atom is -0.494 e. The summed E-state index contributed by atoms with van der Waals surface area (Å²) in [5.74, 6) is -0.842. The molecular formula is C29H34FN3O5S. The molecule has 3 aromatic rings. The van der Waals surface area contributed by atoms with Gasteiger partial charge in [-0.3, -0.25) is 13.9 Å². The molecule has 0 bridgehead atoms. The molecule has 0 aliphatic heterocycles. The van der Waals surface area contributed by atoms with E-state index in [-0.39, 0.29) is 23.0 Å². The summed E-state index contributed by atoms with van der Waals surface area (Å²) in [7, 11) is -2.69. The van der Waals surface area contributed by atoms with Crippen LogP contribution in [0.15, 0.2) is 77.7 Å². The lowest BCUT2D eigenvalue weighted by Gasteiger charge is -2.33. The molecule has 0 aromatic heterocycles. The van der Waals surface area contributed by atoms with E-state index in [1.807, 2.05) is 13.8 Å². The molecule has 3 aromatic carbocycles. The molecule has 10 heteroatoms. The maximum absolute atomic E-state index is 13.9. The number of sulfonamides is 1. The number of anilines is 1. The van der Waals surface area contributed by atoms with Gasteiger partial charge in [-0.15, -0.1) is 0 Å². The number of amides is 2. The normalized spacial score (nSPS) is 11.9. The first-order valence-electron chi connectivity index (χ1n) is 12.7. The molecule has 1 atom stereocenters. The first kappa shape index (κ1) is 29.6. The topological polar surface area (TPSA) is 96.0 Å². The minimum atomic E-state index is -4.17. The van der Waals surface area contributed by atoms with Gasteiger partial charge < -0.3 is 15.0 Å². The molecule has 2 amide bonds. The van der Waals surface area contributed by atoms with Crippen molar-refractivity contribution in [3.05, 3.63) is 89.7 Å². The van der Waals surface area contributed by atoms with Crippen LogP contribution < -0.4 is 14.4 Å². The van der Waals surface area contributed by atoms with Crippen LogP contribution in [-0.2, 0) is 26.2 Å². The molecule has 8 nitrogen and oxygen atoms in total. The number of nitrogens with one attached hydrogen (secondary N) is 1. The number of halogens is 1. The maximum Gasteiger partial charge on any atom is 0.264 e. The van der Waals surface area contributed by atoms with E-state index in [1.165, 1.54) is 48.3 Å². The monoisotopic (exact) mass is 555 g/mol. The summed E-state index contributed by atoms with van der Waals surface area (Å²) in [5.41, 5.74) is 1.75. The van der Waals surface area contributed by atoms with E-state index < -0.39 is 34.3 Å². The number of nitrogens with zero attached hydrogens (tertiary/aromatic N) is 2. The van der Waals surface area contributed by atoms with Gasteiger partial charge in [-0.1, -0.05) is 36.8 Å². The summed E-state index contributed by atoms with van der Waals surface area (Å²) in [4.78, 5) is 27.9. The molecule has 0 heterocycles. The second kappa shape index (κ2) is 13.2. The fourth-order valence-electron chi connectivity index (χ4n) is 4.11. The minimum absolute atomic E-state index is 0.00721. The van der Waals surface area contributed by atoms with Crippen LogP contribution in [0.5, 0.6) is 5.75 Å². The smallest absolute Gasteiger partial charge is 0.264 e. The van der Waals surface area contributed by atoms with E-state index >= 15 is 0 Å². The number of hydrogen-bond acceptors (Lipinski definition) is 5. The van der Waals surface area contributed by atoms with Crippen molar-refractivity contribution in [3.8, 4) is 5.75 Å². The molecule has 3 rings (SSSR count). The van der Waals surface area contributed by atoms with Crippen LogP contribution >= 0.6 is 0 Å². The van der Waals surface area contributed by atoms with Crippen LogP contribution in [0, 0.1) is 12.7 Å². The van der Waals surface area contributed by atoms with Crippen molar-refractivity contribution in [1.29, 1.82) is 0 Å². The number of rotatable bonds is 12. The summed E-state index contributed by atoms with van der Waals surface area (Å²) in [6.07, 6.45) is 0.292. The number of benzene rings is 3. The van der Waals surface area contributed by atoms with Crippen molar-refractivity contribution >= 4 is 27.5 Å². The Kier molecular flexibility index (Phi) is 10.1. The Morgan fingerprint density at radius 1 is 0.949 bits per heavy atom. The highest BCUT2D eigenvalue weighted by molar-refractivity contribution is 7.92. The molecule has 1 unspecified atom stereocenters. The Balaban J connectivity index is 2.05. The summed E-state index contributed by atoms with van der Waals surface area (Å²) >= 11 is 0. The van der Waals surface area contributed by atoms with Crippen LogP contribution in [-0.4, -0.2) is 51.4 Å². The van der Waals surface area contributed by atoms with Crippen LogP contribution in [0.1, 0.15) is 31.4 Å². The fraction of sp³-hybridized carbons (Fsp3) is 0.310. The molecule has 0 aliphatic rings. The summed E-state index contributed by atoms with van der Waals surface area (Å²) < 4.78 is 47.7. The molecule has 39 heavy (non-hydrogen) atoms. The predicted octanol–water partition coefficient (Wildman–Crippen LogP) is 4.28. The van der Waals surface area contributed by atoms with Gasteiger partial charge in [-0.05, 0) is 74.4 Å². The van der Waals surface area contributed by atoms with Crippen molar-refractivity contribution in [2.24, 2.45) is 0 Å². The van der Waals surface area contributed by atoms with Gasteiger partial charge in [-0.25, -0.2) is 12.8 Å². The molecule has 1 N–H and O–H groups in total.